The largest absolute Gasteiger partial charge is 0.495 e. The van der Waals surface area contributed by atoms with E-state index in [1.165, 1.54) is 81.9 Å². The van der Waals surface area contributed by atoms with Crippen molar-refractivity contribution in [3.05, 3.63) is 117 Å². The second-order valence-corrected chi connectivity index (χ2v) is 18.9. The molecule has 0 saturated heterocycles. The molecule has 0 spiro atoms. The molecule has 8 N–H and O–H groups in total. The number of rotatable bonds is 4. The van der Waals surface area contributed by atoms with Crippen LogP contribution in [-0.4, -0.2) is 226 Å². The molecule has 9 amide bonds. The zero-order valence-electron chi connectivity index (χ0n) is 46.0. The van der Waals surface area contributed by atoms with Crippen LogP contribution in [0.3, 0.4) is 0 Å². The van der Waals surface area contributed by atoms with Crippen LogP contribution in [0.15, 0.2) is 72.8 Å². The molecule has 25 heteroatoms. The van der Waals surface area contributed by atoms with Crippen LogP contribution in [0.5, 0.6) is 23.0 Å². The summed E-state index contributed by atoms with van der Waals surface area (Å²) < 4.78 is 22.7. The van der Waals surface area contributed by atoms with Crippen molar-refractivity contribution in [3.8, 4) is 23.0 Å². The van der Waals surface area contributed by atoms with Crippen LogP contribution >= 0.6 is 0 Å². The molecule has 81 heavy (non-hydrogen) atoms. The van der Waals surface area contributed by atoms with E-state index < -0.39 is 53.2 Å². The molecule has 0 aromatic heterocycles. The number of benzene rings is 4. The lowest BCUT2D eigenvalue weighted by Crippen LogP contribution is -2.49. The number of nitrogens with zero attached hydrogens (tertiary/aromatic N) is 4. The van der Waals surface area contributed by atoms with Crippen LogP contribution in [0.1, 0.15) is 82.9 Å². The molecule has 0 aliphatic carbocycles. The van der Waals surface area contributed by atoms with Crippen molar-refractivity contribution in [2.75, 3.05) is 153 Å². The van der Waals surface area contributed by atoms with Gasteiger partial charge in [0, 0.05) is 118 Å². The number of carbonyl (C=O) groups excluding carboxylic acids is 9. The van der Waals surface area contributed by atoms with Crippen molar-refractivity contribution in [1.29, 1.82) is 0 Å². The van der Waals surface area contributed by atoms with Gasteiger partial charge in [0.1, 0.15) is 23.0 Å². The Bertz CT molecular complexity index is 2790. The van der Waals surface area contributed by atoms with E-state index in [0.717, 1.165) is 0 Å². The SMILES string of the molecule is COc1c2cccc1C(=O)NCCN1CCNC(=O)c3cccc(c3OC)C(=O)NCCN(CCNC2=O)CCN2CCNC(=O)c3cccc(c3OC)C(=O)NCCN(CCNC(=O)c3cccc(c3OC)C(=O)NCC2)C(=O)C1. The number of nitrogens with one attached hydrogen (secondary N) is 8. The van der Waals surface area contributed by atoms with Crippen LogP contribution in [0.2, 0.25) is 0 Å². The van der Waals surface area contributed by atoms with E-state index in [0.29, 0.717) is 13.1 Å². The van der Waals surface area contributed by atoms with Gasteiger partial charge < -0.3 is 66.4 Å². The van der Waals surface area contributed by atoms with Gasteiger partial charge >= 0.3 is 0 Å². The molecule has 4 heterocycles. The zero-order chi connectivity index (χ0) is 57.8. The van der Waals surface area contributed by atoms with Crippen molar-refractivity contribution < 1.29 is 62.1 Å². The number of amides is 9. The number of fused-ring (bicyclic) bond motifs is 16. The lowest BCUT2D eigenvalue weighted by molar-refractivity contribution is -0.132. The van der Waals surface area contributed by atoms with Gasteiger partial charge in [0.05, 0.1) is 79.5 Å². The lowest BCUT2D eigenvalue weighted by Gasteiger charge is -2.29. The minimum atomic E-state index is -0.586. The molecule has 4 aliphatic rings. The third-order valence-corrected chi connectivity index (χ3v) is 13.9. The zero-order valence-corrected chi connectivity index (χ0v) is 46.0. The van der Waals surface area contributed by atoms with Crippen molar-refractivity contribution >= 4 is 53.2 Å². The number of hydrogen-bond donors (Lipinski definition) is 8. The summed E-state index contributed by atoms with van der Waals surface area (Å²) in [5, 5.41) is 23.2. The molecular formula is C56H70N12O13. The number of methoxy groups -OCH3 is 4. The lowest BCUT2D eigenvalue weighted by atomic mass is 10.1. The standard InChI is InChI=1S/C56H70N12O13/c1-78-45-36-9-5-13-40(45)53(74)61-21-29-67-30-22-62-54(75)41-14-6-10-37(46(41)79-2)50(71)58-18-26-65(25-17-57-49(36)70)33-34-66-27-19-59-51(72)38-11-7-15-42(47(38)80-3)55(76)63-23-31-68(44(69)35-67)32-24-64-56(77)43-16-8-12-39(48(43)81-4)52(73)60-20-28-66/h5-16H,17-35H2,1-4H3,(H,57,70)(H,58,71)(H,59,72)(H,60,73)(H,61,74)(H,62,75)(H,63,76)(H,64,77). The first-order valence-electron chi connectivity index (χ1n) is 26.6. The normalized spacial score (nSPS) is 19.6. The summed E-state index contributed by atoms with van der Waals surface area (Å²) in [4.78, 5) is 133. The highest BCUT2D eigenvalue weighted by Gasteiger charge is 2.27. The molecule has 4 aromatic rings. The Balaban J connectivity index is 1.33. The molecule has 0 radical (unpaired) electrons. The van der Waals surface area contributed by atoms with Gasteiger partial charge in [0.15, 0.2) is 0 Å². The first kappa shape index (κ1) is 59.8. The van der Waals surface area contributed by atoms with Crippen LogP contribution in [-0.2, 0) is 4.79 Å². The van der Waals surface area contributed by atoms with Gasteiger partial charge in [-0.25, -0.2) is 0 Å². The second kappa shape index (κ2) is 29.4. The fourth-order valence-electron chi connectivity index (χ4n) is 9.67. The smallest absolute Gasteiger partial charge is 0.255 e. The molecule has 0 atom stereocenters. The fraction of sp³-hybridized carbons (Fsp3) is 0.411. The summed E-state index contributed by atoms with van der Waals surface area (Å²) in [6.07, 6.45) is 0. The molecule has 4 aliphatic heterocycles. The van der Waals surface area contributed by atoms with Crippen molar-refractivity contribution in [2.24, 2.45) is 0 Å². The van der Waals surface area contributed by atoms with Gasteiger partial charge in [-0.15, -0.1) is 0 Å². The Morgan fingerprint density at radius 2 is 0.481 bits per heavy atom. The van der Waals surface area contributed by atoms with E-state index in [2.05, 4.69) is 42.5 Å². The van der Waals surface area contributed by atoms with Crippen LogP contribution in [0.4, 0.5) is 0 Å². The van der Waals surface area contributed by atoms with Gasteiger partial charge in [-0.1, -0.05) is 24.3 Å². The van der Waals surface area contributed by atoms with Crippen LogP contribution in [0.25, 0.3) is 0 Å². The van der Waals surface area contributed by atoms with Crippen LogP contribution in [0, 0.1) is 0 Å². The van der Waals surface area contributed by atoms with Crippen LogP contribution < -0.4 is 61.5 Å². The first-order chi connectivity index (χ1) is 39.3. The molecule has 0 fully saturated rings. The predicted molar refractivity (Wildman–Crippen MR) is 297 cm³/mol. The topological polar surface area (TPSA) is 300 Å². The molecule has 432 valence electrons. The summed E-state index contributed by atoms with van der Waals surface area (Å²) >= 11 is 0. The summed E-state index contributed by atoms with van der Waals surface area (Å²) in [7, 11) is 5.40. The van der Waals surface area contributed by atoms with Gasteiger partial charge in [-0.05, 0) is 48.5 Å². The average molecular weight is 1120 g/mol. The maximum atomic E-state index is 14.7. The van der Waals surface area contributed by atoms with E-state index in [9.17, 15) is 43.2 Å². The van der Waals surface area contributed by atoms with Gasteiger partial charge in [0.2, 0.25) is 5.91 Å². The van der Waals surface area contributed by atoms with E-state index in [1.54, 1.807) is 29.2 Å². The van der Waals surface area contributed by atoms with Crippen molar-refractivity contribution in [2.45, 2.75) is 0 Å². The van der Waals surface area contributed by atoms with Crippen molar-refractivity contribution in [1.82, 2.24) is 62.1 Å². The Morgan fingerprint density at radius 3 is 0.691 bits per heavy atom. The molecule has 25 nitrogen and oxygen atoms in total. The molecule has 12 bridgehead atoms. The first-order valence-corrected chi connectivity index (χ1v) is 26.6. The van der Waals surface area contributed by atoms with Crippen molar-refractivity contribution in [3.63, 3.8) is 0 Å². The predicted octanol–water partition coefficient (Wildman–Crippen LogP) is -0.565. The highest BCUT2D eigenvalue weighted by Crippen LogP contribution is 2.27. The van der Waals surface area contributed by atoms with Gasteiger partial charge in [-0.2, -0.15) is 0 Å². The Hall–Kier alpha value is -8.81. The molecule has 0 unspecified atom stereocenters. The quantitative estimate of drug-likeness (QED) is 0.127. The summed E-state index contributed by atoms with van der Waals surface area (Å²) in [5.41, 5.74) is 0.693. The Morgan fingerprint density at radius 1 is 0.284 bits per heavy atom. The minimum Gasteiger partial charge on any atom is -0.495 e. The highest BCUT2D eigenvalue weighted by molar-refractivity contribution is 6.07. The Kier molecular flexibility index (Phi) is 21.7. The minimum absolute atomic E-state index is 0.0242. The summed E-state index contributed by atoms with van der Waals surface area (Å²) in [6.45, 7) is 1.52. The summed E-state index contributed by atoms with van der Waals surface area (Å²) in [6, 6.07) is 18.4. The summed E-state index contributed by atoms with van der Waals surface area (Å²) in [5.74, 6) is -4.70. The van der Waals surface area contributed by atoms with E-state index in [-0.39, 0.29) is 179 Å². The Labute approximate surface area is 469 Å². The highest BCUT2D eigenvalue weighted by atomic mass is 16.5. The maximum absolute atomic E-state index is 14.7. The average Bonchev–Trinajstić information content (AvgIpc) is 3.50. The van der Waals surface area contributed by atoms with E-state index in [1.807, 2.05) is 9.80 Å². The number of carbonyl (C=O) groups is 9. The molecular weight excluding hydrogens is 1050 g/mol. The van der Waals surface area contributed by atoms with Gasteiger partial charge in [0.25, 0.3) is 47.3 Å². The maximum Gasteiger partial charge on any atom is 0.255 e. The third-order valence-electron chi connectivity index (χ3n) is 13.9. The number of hydrogen-bond acceptors (Lipinski definition) is 16. The monoisotopic (exact) mass is 1120 g/mol. The number of para-hydroxylation sites is 4. The number of ether oxygens (including phenoxy) is 4. The molecule has 0 saturated carbocycles. The van der Waals surface area contributed by atoms with E-state index >= 15 is 0 Å². The molecule has 8 rings (SSSR count). The third kappa shape index (κ3) is 15.5. The van der Waals surface area contributed by atoms with E-state index in [4.69, 9.17) is 18.9 Å². The fourth-order valence-corrected chi connectivity index (χ4v) is 9.67. The van der Waals surface area contributed by atoms with Gasteiger partial charge in [-0.3, -0.25) is 57.9 Å². The second-order valence-electron chi connectivity index (χ2n) is 18.9. The molecule has 4 aromatic carbocycles.